The summed E-state index contributed by atoms with van der Waals surface area (Å²) in [5.74, 6) is 0.421. The molecule has 38 heavy (non-hydrogen) atoms. The number of anilines is 3. The van der Waals surface area contributed by atoms with Crippen molar-refractivity contribution in [2.45, 2.75) is 45.9 Å². The van der Waals surface area contributed by atoms with Gasteiger partial charge in [-0.15, -0.1) is 0 Å². The monoisotopic (exact) mass is 513 g/mol. The minimum Gasteiger partial charge on any atom is -0.372 e. The third-order valence-corrected chi connectivity index (χ3v) is 7.42. The zero-order valence-corrected chi connectivity index (χ0v) is 22.1. The molecule has 0 bridgehead atoms. The molecule has 196 valence electrons. The van der Waals surface area contributed by atoms with Crippen LogP contribution < -0.4 is 15.1 Å². The van der Waals surface area contributed by atoms with E-state index in [1.54, 1.807) is 4.68 Å². The average molecular weight is 514 g/mol. The third-order valence-electron chi connectivity index (χ3n) is 7.42. The van der Waals surface area contributed by atoms with Crippen molar-refractivity contribution in [2.75, 3.05) is 35.3 Å². The number of amides is 1. The number of hydrogen-bond donors (Lipinski definition) is 2. The SMILES string of the molecule is CC1=C(C(=O)Nc2ccc3[nH]nc(-c4cccc(N5C[C@@H](C)O[C@@H](C)C5)c4)c3c2)[C@@H](C)n2nnnc2N1C. The van der Waals surface area contributed by atoms with Crippen LogP contribution in [0.2, 0.25) is 0 Å². The molecule has 4 aromatic rings. The van der Waals surface area contributed by atoms with Crippen molar-refractivity contribution in [1.82, 2.24) is 30.4 Å². The van der Waals surface area contributed by atoms with Gasteiger partial charge >= 0.3 is 0 Å². The highest BCUT2D eigenvalue weighted by Crippen LogP contribution is 2.34. The Morgan fingerprint density at radius 2 is 1.89 bits per heavy atom. The van der Waals surface area contributed by atoms with Crippen LogP contribution in [0.3, 0.4) is 0 Å². The molecule has 11 nitrogen and oxygen atoms in total. The van der Waals surface area contributed by atoms with Crippen molar-refractivity contribution in [3.63, 3.8) is 0 Å². The number of ether oxygens (including phenoxy) is 1. The van der Waals surface area contributed by atoms with E-state index in [2.05, 4.69) is 74.1 Å². The Morgan fingerprint density at radius 3 is 2.68 bits per heavy atom. The number of benzene rings is 2. The molecule has 0 saturated carbocycles. The van der Waals surface area contributed by atoms with Crippen molar-refractivity contribution in [1.29, 1.82) is 0 Å². The zero-order valence-electron chi connectivity index (χ0n) is 22.1. The Bertz CT molecular complexity index is 1540. The Balaban J connectivity index is 1.29. The number of tetrazole rings is 1. The highest BCUT2D eigenvalue weighted by Gasteiger charge is 2.32. The van der Waals surface area contributed by atoms with Crippen molar-refractivity contribution in [3.05, 3.63) is 53.7 Å². The predicted octanol–water partition coefficient (Wildman–Crippen LogP) is 3.75. The highest BCUT2D eigenvalue weighted by molar-refractivity contribution is 6.07. The molecule has 1 saturated heterocycles. The number of carbonyl (C=O) groups excluding carboxylic acids is 1. The molecule has 0 spiro atoms. The van der Waals surface area contributed by atoms with E-state index in [0.717, 1.165) is 46.6 Å². The molecule has 2 aromatic heterocycles. The highest BCUT2D eigenvalue weighted by atomic mass is 16.5. The maximum atomic E-state index is 13.5. The Kier molecular flexibility index (Phi) is 5.87. The number of aromatic amines is 1. The number of morpholine rings is 1. The lowest BCUT2D eigenvalue weighted by molar-refractivity contribution is -0.113. The molecule has 11 heteroatoms. The summed E-state index contributed by atoms with van der Waals surface area (Å²) in [6, 6.07) is 13.9. The van der Waals surface area contributed by atoms with Crippen LogP contribution in [0.1, 0.15) is 33.7 Å². The fourth-order valence-corrected chi connectivity index (χ4v) is 5.52. The number of aromatic nitrogens is 6. The molecular weight excluding hydrogens is 482 g/mol. The van der Waals surface area contributed by atoms with Crippen LogP contribution in [0, 0.1) is 0 Å². The lowest BCUT2D eigenvalue weighted by Crippen LogP contribution is -2.45. The average Bonchev–Trinajstić information content (AvgIpc) is 3.55. The molecule has 1 amide bonds. The van der Waals surface area contributed by atoms with E-state index < -0.39 is 0 Å². The van der Waals surface area contributed by atoms with Crippen molar-refractivity contribution in [3.8, 4) is 11.3 Å². The largest absolute Gasteiger partial charge is 0.372 e. The van der Waals surface area contributed by atoms with Gasteiger partial charge in [0.15, 0.2) is 0 Å². The lowest BCUT2D eigenvalue weighted by atomic mass is 10.0. The lowest BCUT2D eigenvalue weighted by Gasteiger charge is -2.37. The summed E-state index contributed by atoms with van der Waals surface area (Å²) in [7, 11) is 1.85. The molecule has 0 aliphatic carbocycles. The predicted molar refractivity (Wildman–Crippen MR) is 146 cm³/mol. The van der Waals surface area contributed by atoms with Crippen molar-refractivity contribution >= 4 is 34.1 Å². The summed E-state index contributed by atoms with van der Waals surface area (Å²) in [6.45, 7) is 9.74. The Labute approximate surface area is 220 Å². The molecule has 2 aliphatic heterocycles. The minimum atomic E-state index is -0.294. The molecule has 0 unspecified atom stereocenters. The van der Waals surface area contributed by atoms with Gasteiger partial charge in [0.05, 0.1) is 29.3 Å². The van der Waals surface area contributed by atoms with E-state index >= 15 is 0 Å². The van der Waals surface area contributed by atoms with E-state index in [4.69, 9.17) is 4.74 Å². The number of H-pyrrole nitrogens is 1. The quantitative estimate of drug-likeness (QED) is 0.424. The van der Waals surface area contributed by atoms with Gasteiger partial charge in [0, 0.05) is 48.2 Å². The summed E-state index contributed by atoms with van der Waals surface area (Å²) in [5, 5.41) is 23.7. The molecule has 2 N–H and O–H groups in total. The van der Waals surface area contributed by atoms with Crippen LogP contribution in [-0.2, 0) is 9.53 Å². The maximum Gasteiger partial charge on any atom is 0.255 e. The topological polar surface area (TPSA) is 117 Å². The van der Waals surface area contributed by atoms with Crippen LogP contribution in [0.25, 0.3) is 22.2 Å². The first-order chi connectivity index (χ1) is 18.3. The van der Waals surface area contributed by atoms with Crippen LogP contribution in [0.4, 0.5) is 17.3 Å². The molecule has 2 aromatic carbocycles. The second-order valence-electron chi connectivity index (χ2n) is 10.2. The number of nitrogens with one attached hydrogen (secondary N) is 2. The van der Waals surface area contributed by atoms with Gasteiger partial charge in [-0.1, -0.05) is 17.2 Å². The standard InChI is InChI=1S/C27H31N9O2/c1-15-13-35(14-16(2)38-15)21-8-6-7-19(11-21)25-22-12-20(9-10-23(22)29-30-25)28-26(37)24-17(3)34(5)27-31-32-33-36(27)18(24)4/h6-12,15-16,18H,13-14H2,1-5H3,(H,28,37)(H,29,30)/t15-,16+,18-/m1/s1. The number of carbonyl (C=O) groups is 1. The van der Waals surface area contributed by atoms with E-state index in [-0.39, 0.29) is 24.2 Å². The van der Waals surface area contributed by atoms with Crippen LogP contribution in [0.15, 0.2) is 53.7 Å². The smallest absolute Gasteiger partial charge is 0.255 e. The third kappa shape index (κ3) is 4.08. The number of rotatable bonds is 4. The van der Waals surface area contributed by atoms with Gasteiger partial charge in [-0.3, -0.25) is 9.89 Å². The number of fused-ring (bicyclic) bond motifs is 2. The summed E-state index contributed by atoms with van der Waals surface area (Å²) >= 11 is 0. The minimum absolute atomic E-state index is 0.178. The zero-order chi connectivity index (χ0) is 26.6. The number of nitrogens with zero attached hydrogens (tertiary/aromatic N) is 7. The second-order valence-corrected chi connectivity index (χ2v) is 10.2. The molecule has 3 atom stereocenters. The van der Waals surface area contributed by atoms with Crippen LogP contribution >= 0.6 is 0 Å². The van der Waals surface area contributed by atoms with Gasteiger partial charge < -0.3 is 19.9 Å². The summed E-state index contributed by atoms with van der Waals surface area (Å²) < 4.78 is 7.56. The van der Waals surface area contributed by atoms with Crippen LogP contribution in [-0.4, -0.2) is 68.7 Å². The summed E-state index contributed by atoms with van der Waals surface area (Å²) in [5.41, 5.74) is 6.01. The first kappa shape index (κ1) is 24.1. The Morgan fingerprint density at radius 1 is 1.11 bits per heavy atom. The Hall–Kier alpha value is -4.25. The van der Waals surface area contributed by atoms with Gasteiger partial charge in [-0.05, 0) is 68.5 Å². The molecule has 2 aliphatic rings. The molecule has 4 heterocycles. The molecular formula is C27H31N9O2. The first-order valence-electron chi connectivity index (χ1n) is 12.8. The van der Waals surface area contributed by atoms with E-state index in [9.17, 15) is 4.79 Å². The van der Waals surface area contributed by atoms with Gasteiger partial charge in [0.1, 0.15) is 5.69 Å². The maximum absolute atomic E-state index is 13.5. The fraction of sp³-hybridized carbons (Fsp3) is 0.370. The van der Waals surface area contributed by atoms with Gasteiger partial charge in [0.25, 0.3) is 5.91 Å². The van der Waals surface area contributed by atoms with E-state index in [1.165, 1.54) is 0 Å². The number of allylic oxidation sites excluding steroid dienone is 1. The molecule has 1 fully saturated rings. The van der Waals surface area contributed by atoms with Gasteiger partial charge in [0.2, 0.25) is 5.95 Å². The van der Waals surface area contributed by atoms with Crippen molar-refractivity contribution in [2.24, 2.45) is 0 Å². The number of hydrogen-bond acceptors (Lipinski definition) is 8. The normalized spacial score (nSPS) is 21.7. The van der Waals surface area contributed by atoms with E-state index in [0.29, 0.717) is 17.2 Å². The van der Waals surface area contributed by atoms with Crippen molar-refractivity contribution < 1.29 is 9.53 Å². The fourth-order valence-electron chi connectivity index (χ4n) is 5.52. The van der Waals surface area contributed by atoms with Crippen LogP contribution in [0.5, 0.6) is 0 Å². The van der Waals surface area contributed by atoms with Gasteiger partial charge in [-0.2, -0.15) is 5.10 Å². The van der Waals surface area contributed by atoms with Gasteiger partial charge in [-0.25, -0.2) is 4.68 Å². The summed E-state index contributed by atoms with van der Waals surface area (Å²) in [6.07, 6.45) is 0.357. The van der Waals surface area contributed by atoms with E-state index in [1.807, 2.05) is 44.0 Å². The molecule has 6 rings (SSSR count). The summed E-state index contributed by atoms with van der Waals surface area (Å²) in [4.78, 5) is 17.6. The second kappa shape index (κ2) is 9.25. The molecule has 0 radical (unpaired) electrons. The first-order valence-corrected chi connectivity index (χ1v) is 12.8.